The number of hydrogen-bond acceptors (Lipinski definition) is 2. The number of nitrogens with one attached hydrogen (secondary N) is 1. The monoisotopic (exact) mass is 473 g/mol. The maximum absolute atomic E-state index is 12.9. The van der Waals surface area contributed by atoms with Crippen LogP contribution in [0.2, 0.25) is 10.0 Å². The molecule has 0 aliphatic carbocycles. The molecule has 164 valence electrons. The normalized spacial score (nSPS) is 11.4. The first kappa shape index (κ1) is 22.7. The number of rotatable bonds is 5. The average Bonchev–Trinajstić information content (AvgIpc) is 3.07. The minimum atomic E-state index is -0.486. The molecule has 6 heteroatoms. The zero-order valence-electron chi connectivity index (χ0n) is 18.2. The van der Waals surface area contributed by atoms with Crippen LogP contribution in [0.5, 0.6) is 0 Å². The van der Waals surface area contributed by atoms with Crippen molar-refractivity contribution in [1.82, 2.24) is 4.57 Å². The van der Waals surface area contributed by atoms with Crippen LogP contribution in [0.4, 0.5) is 5.69 Å². The van der Waals surface area contributed by atoms with Gasteiger partial charge >= 0.3 is 0 Å². The van der Waals surface area contributed by atoms with Gasteiger partial charge in [0.15, 0.2) is 0 Å². The molecule has 4 aromatic rings. The van der Waals surface area contributed by atoms with E-state index in [2.05, 4.69) is 9.88 Å². The van der Waals surface area contributed by atoms with Crippen LogP contribution in [-0.2, 0) is 11.3 Å². The molecule has 0 unspecified atom stereocenters. The summed E-state index contributed by atoms with van der Waals surface area (Å²) in [6.45, 7) is 4.45. The average molecular weight is 474 g/mol. The lowest BCUT2D eigenvalue weighted by Gasteiger charge is -2.10. The fraction of sp³-hybridized carbons (Fsp3) is 0.111. The number of hydrogen-bond donors (Lipinski definition) is 1. The Morgan fingerprint density at radius 2 is 1.76 bits per heavy atom. The fourth-order valence-corrected chi connectivity index (χ4v) is 4.18. The molecule has 3 aromatic carbocycles. The Hall–Kier alpha value is -3.52. The van der Waals surface area contributed by atoms with Crippen molar-refractivity contribution < 1.29 is 4.79 Å². The van der Waals surface area contributed by atoms with Crippen LogP contribution in [0.25, 0.3) is 17.0 Å². The Morgan fingerprint density at radius 3 is 2.48 bits per heavy atom. The van der Waals surface area contributed by atoms with Gasteiger partial charge in [-0.1, -0.05) is 65.7 Å². The van der Waals surface area contributed by atoms with E-state index in [4.69, 9.17) is 23.2 Å². The largest absolute Gasteiger partial charge is 0.340 e. The van der Waals surface area contributed by atoms with E-state index in [1.807, 2.05) is 74.5 Å². The van der Waals surface area contributed by atoms with Crippen molar-refractivity contribution in [3.8, 4) is 6.07 Å². The lowest BCUT2D eigenvalue weighted by atomic mass is 10.1. The third-order valence-electron chi connectivity index (χ3n) is 5.65. The molecule has 4 rings (SSSR count). The van der Waals surface area contributed by atoms with Gasteiger partial charge in [0, 0.05) is 44.4 Å². The van der Waals surface area contributed by atoms with Crippen LogP contribution in [0.1, 0.15) is 22.4 Å². The second kappa shape index (κ2) is 9.54. The van der Waals surface area contributed by atoms with Crippen LogP contribution < -0.4 is 5.32 Å². The minimum absolute atomic E-state index is 0.00967. The lowest BCUT2D eigenvalue weighted by molar-refractivity contribution is -0.112. The van der Waals surface area contributed by atoms with E-state index in [1.54, 1.807) is 18.2 Å². The topological polar surface area (TPSA) is 57.8 Å². The lowest BCUT2D eigenvalue weighted by Crippen LogP contribution is -2.13. The first-order valence-corrected chi connectivity index (χ1v) is 11.1. The molecule has 0 fully saturated rings. The first-order chi connectivity index (χ1) is 15.9. The molecule has 33 heavy (non-hydrogen) atoms. The molecule has 1 N–H and O–H groups in total. The molecular weight excluding hydrogens is 453 g/mol. The molecule has 0 radical (unpaired) electrons. The molecule has 0 aliphatic rings. The summed E-state index contributed by atoms with van der Waals surface area (Å²) in [6, 6.07) is 22.9. The van der Waals surface area contributed by atoms with Gasteiger partial charge in [-0.25, -0.2) is 0 Å². The highest BCUT2D eigenvalue weighted by atomic mass is 35.5. The van der Waals surface area contributed by atoms with Gasteiger partial charge in [0.2, 0.25) is 0 Å². The highest BCUT2D eigenvalue weighted by molar-refractivity contribution is 6.32. The molecule has 0 saturated carbocycles. The van der Waals surface area contributed by atoms with Crippen LogP contribution in [0.15, 0.2) is 72.3 Å². The minimum Gasteiger partial charge on any atom is -0.340 e. The summed E-state index contributed by atoms with van der Waals surface area (Å²) in [5, 5.41) is 14.7. The molecule has 1 amide bonds. The van der Waals surface area contributed by atoms with Crippen molar-refractivity contribution in [2.75, 3.05) is 5.32 Å². The van der Waals surface area contributed by atoms with Crippen molar-refractivity contribution in [2.24, 2.45) is 0 Å². The Balaban J connectivity index is 1.74. The highest BCUT2D eigenvalue weighted by Gasteiger charge is 2.17. The van der Waals surface area contributed by atoms with E-state index >= 15 is 0 Å². The van der Waals surface area contributed by atoms with Gasteiger partial charge in [0.1, 0.15) is 11.6 Å². The van der Waals surface area contributed by atoms with Crippen molar-refractivity contribution in [3.63, 3.8) is 0 Å². The zero-order valence-corrected chi connectivity index (χ0v) is 19.7. The number of aryl methyl sites for hydroxylation is 1. The number of fused-ring (bicyclic) bond motifs is 1. The molecule has 0 bridgehead atoms. The fourth-order valence-electron chi connectivity index (χ4n) is 3.80. The van der Waals surface area contributed by atoms with Crippen LogP contribution >= 0.6 is 23.2 Å². The molecule has 0 aliphatic heterocycles. The summed E-state index contributed by atoms with van der Waals surface area (Å²) in [5.41, 5.74) is 5.22. The van der Waals surface area contributed by atoms with Crippen LogP contribution in [0.3, 0.4) is 0 Å². The predicted molar refractivity (Wildman–Crippen MR) is 136 cm³/mol. The second-order valence-electron chi connectivity index (χ2n) is 7.78. The van der Waals surface area contributed by atoms with Gasteiger partial charge in [-0.05, 0) is 55.3 Å². The summed E-state index contributed by atoms with van der Waals surface area (Å²) >= 11 is 12.6. The molecule has 4 nitrogen and oxygen atoms in total. The zero-order chi connectivity index (χ0) is 23.5. The smallest absolute Gasteiger partial charge is 0.266 e. The predicted octanol–water partition coefficient (Wildman–Crippen LogP) is 7.16. The summed E-state index contributed by atoms with van der Waals surface area (Å²) in [6.07, 6.45) is 1.64. The van der Waals surface area contributed by atoms with E-state index in [0.717, 1.165) is 33.3 Å². The number of anilines is 1. The van der Waals surface area contributed by atoms with E-state index in [0.29, 0.717) is 22.3 Å². The van der Waals surface area contributed by atoms with Crippen LogP contribution in [-0.4, -0.2) is 10.5 Å². The third kappa shape index (κ3) is 4.66. The number of nitrogens with zero attached hydrogens (tertiary/aromatic N) is 2. The van der Waals surface area contributed by atoms with Gasteiger partial charge < -0.3 is 9.88 Å². The molecule has 0 atom stereocenters. The van der Waals surface area contributed by atoms with Crippen LogP contribution in [0, 0.1) is 25.2 Å². The Kier molecular flexibility index (Phi) is 6.55. The van der Waals surface area contributed by atoms with E-state index in [9.17, 15) is 10.1 Å². The molecule has 1 aromatic heterocycles. The summed E-state index contributed by atoms with van der Waals surface area (Å²) in [4.78, 5) is 12.9. The number of benzene rings is 3. The molecule has 0 spiro atoms. The first-order valence-electron chi connectivity index (χ1n) is 10.4. The number of nitriles is 1. The van der Waals surface area contributed by atoms with Crippen molar-refractivity contribution in [3.05, 3.63) is 105 Å². The number of aromatic nitrogens is 1. The number of carbonyl (C=O) groups is 1. The molecule has 1 heterocycles. The van der Waals surface area contributed by atoms with Gasteiger partial charge in [-0.15, -0.1) is 0 Å². The number of halogens is 2. The summed E-state index contributed by atoms with van der Waals surface area (Å²) in [5.74, 6) is -0.486. The van der Waals surface area contributed by atoms with Gasteiger partial charge in [0.05, 0.1) is 0 Å². The van der Waals surface area contributed by atoms with E-state index in [1.165, 1.54) is 0 Å². The van der Waals surface area contributed by atoms with Crippen molar-refractivity contribution >= 4 is 51.8 Å². The Bertz CT molecular complexity index is 1440. The van der Waals surface area contributed by atoms with Gasteiger partial charge in [-0.3, -0.25) is 4.79 Å². The summed E-state index contributed by atoms with van der Waals surface area (Å²) < 4.78 is 2.15. The SMILES string of the molecule is Cc1ccc(NC(=O)/C(C#N)=C\c2c(C)n(Cc3ccccc3Cl)c3ccccc23)cc1Cl. The standard InChI is InChI=1S/C27H21Cl2N3O/c1-17-11-12-21(14-25(17)29)31-27(33)20(15-30)13-23-18(2)32(26-10-6-4-8-22(23)26)16-19-7-3-5-9-24(19)28/h3-14H,16H2,1-2H3,(H,31,33)/b20-13-. The molecular formula is C27H21Cl2N3O. The quantitative estimate of drug-likeness (QED) is 0.247. The number of carbonyl (C=O) groups excluding carboxylic acids is 1. The number of para-hydroxylation sites is 1. The van der Waals surface area contributed by atoms with Crippen molar-refractivity contribution in [1.29, 1.82) is 5.26 Å². The Labute approximate surface area is 202 Å². The van der Waals surface area contributed by atoms with Gasteiger partial charge in [0.25, 0.3) is 5.91 Å². The number of amides is 1. The van der Waals surface area contributed by atoms with Gasteiger partial charge in [-0.2, -0.15) is 5.26 Å². The maximum Gasteiger partial charge on any atom is 0.266 e. The Morgan fingerprint density at radius 1 is 1.03 bits per heavy atom. The second-order valence-corrected chi connectivity index (χ2v) is 8.60. The highest BCUT2D eigenvalue weighted by Crippen LogP contribution is 2.30. The third-order valence-corrected chi connectivity index (χ3v) is 6.43. The van der Waals surface area contributed by atoms with E-state index < -0.39 is 5.91 Å². The van der Waals surface area contributed by atoms with E-state index in [-0.39, 0.29) is 5.57 Å². The maximum atomic E-state index is 12.9. The molecule has 0 saturated heterocycles. The van der Waals surface area contributed by atoms with Crippen molar-refractivity contribution in [2.45, 2.75) is 20.4 Å². The summed E-state index contributed by atoms with van der Waals surface area (Å²) in [7, 11) is 0.